The molecule has 2 atom stereocenters. The van der Waals surface area contributed by atoms with Crippen LogP contribution >= 0.6 is 0 Å². The first kappa shape index (κ1) is 45.1. The molecule has 2 saturated carbocycles. The van der Waals surface area contributed by atoms with Crippen LogP contribution in [0.15, 0.2) is 72.8 Å². The highest BCUT2D eigenvalue weighted by Crippen LogP contribution is 2.35. The van der Waals surface area contributed by atoms with E-state index < -0.39 is 23.1 Å². The van der Waals surface area contributed by atoms with Crippen LogP contribution in [0.2, 0.25) is 0 Å². The summed E-state index contributed by atoms with van der Waals surface area (Å²) in [7, 11) is 0. The first-order chi connectivity index (χ1) is 27.1. The second-order valence-electron chi connectivity index (χ2n) is 16.6. The number of carbonyl (C=O) groups is 2. The average molecular weight is 775 g/mol. The predicted octanol–water partition coefficient (Wildman–Crippen LogP) is 11.7. The zero-order valence-corrected chi connectivity index (χ0v) is 34.7. The van der Waals surface area contributed by atoms with Gasteiger partial charge in [0, 0.05) is 0 Å². The molecule has 2 fully saturated rings. The molecule has 2 aromatic carbocycles. The first-order valence-electron chi connectivity index (χ1n) is 21.6. The Hall–Kier alpha value is -3.62. The van der Waals surface area contributed by atoms with Gasteiger partial charge in [-0.05, 0) is 124 Å². The summed E-state index contributed by atoms with van der Waals surface area (Å²) < 4.78 is 23.6. The topological polar surface area (TPSA) is 112 Å². The van der Waals surface area contributed by atoms with Crippen LogP contribution in [0.5, 0.6) is 11.5 Å². The van der Waals surface area contributed by atoms with Gasteiger partial charge in [-0.25, -0.2) is 9.59 Å². The number of rotatable bonds is 25. The fraction of sp³-hybridized carbons (Fsp3) is 0.625. The van der Waals surface area contributed by atoms with Gasteiger partial charge in [-0.3, -0.25) is 0 Å². The van der Waals surface area contributed by atoms with Gasteiger partial charge in [0.1, 0.15) is 24.7 Å². The van der Waals surface area contributed by atoms with Gasteiger partial charge in [-0.15, -0.1) is 0 Å². The van der Waals surface area contributed by atoms with Crippen LogP contribution < -0.4 is 9.47 Å². The lowest BCUT2D eigenvalue weighted by Gasteiger charge is -2.39. The molecular weight excluding hydrogens is 705 g/mol. The Balaban J connectivity index is 1.20. The number of ether oxygens (including phenoxy) is 4. The van der Waals surface area contributed by atoms with Crippen LogP contribution in [0, 0.1) is 23.7 Å². The van der Waals surface area contributed by atoms with Gasteiger partial charge in [0.2, 0.25) is 11.2 Å². The normalized spacial score (nSPS) is 22.4. The third-order valence-corrected chi connectivity index (χ3v) is 12.4. The van der Waals surface area contributed by atoms with E-state index in [-0.39, 0.29) is 13.2 Å². The quantitative estimate of drug-likeness (QED) is 0.0757. The van der Waals surface area contributed by atoms with Gasteiger partial charge in [-0.1, -0.05) is 114 Å². The van der Waals surface area contributed by atoms with Crippen molar-refractivity contribution in [2.24, 2.45) is 23.7 Å². The summed E-state index contributed by atoms with van der Waals surface area (Å²) in [5.41, 5.74) is -3.03. The summed E-state index contributed by atoms with van der Waals surface area (Å²) in [6.07, 6.45) is 29.8. The molecule has 0 spiro atoms. The van der Waals surface area contributed by atoms with E-state index in [0.29, 0.717) is 47.7 Å². The Morgan fingerprint density at radius 2 is 0.946 bits per heavy atom. The Morgan fingerprint density at radius 1 is 0.589 bits per heavy atom. The van der Waals surface area contributed by atoms with Crippen LogP contribution in [-0.4, -0.2) is 46.6 Å². The fourth-order valence-electron chi connectivity index (χ4n) is 8.12. The van der Waals surface area contributed by atoms with Crippen LogP contribution in [0.25, 0.3) is 0 Å². The van der Waals surface area contributed by atoms with E-state index in [1.54, 1.807) is 24.3 Å². The molecule has 0 heterocycles. The first-order valence-corrected chi connectivity index (χ1v) is 21.6. The van der Waals surface area contributed by atoms with Gasteiger partial charge in [0.05, 0.1) is 13.2 Å². The van der Waals surface area contributed by atoms with Crippen molar-refractivity contribution in [1.29, 1.82) is 0 Å². The molecule has 8 heteroatoms. The maximum atomic E-state index is 12.6. The minimum absolute atomic E-state index is 0.128. The van der Waals surface area contributed by atoms with Crippen molar-refractivity contribution in [3.8, 4) is 11.5 Å². The lowest BCUT2D eigenvalue weighted by molar-refractivity contribution is -0.227. The predicted molar refractivity (Wildman–Crippen MR) is 223 cm³/mol. The van der Waals surface area contributed by atoms with Gasteiger partial charge >= 0.3 is 11.9 Å². The minimum Gasteiger partial charge on any atom is -0.490 e. The van der Waals surface area contributed by atoms with Crippen LogP contribution in [0.3, 0.4) is 0 Å². The molecule has 0 unspecified atom stereocenters. The smallest absolute Gasteiger partial charge is 0.339 e. The molecule has 2 N–H and O–H groups in total. The van der Waals surface area contributed by atoms with E-state index in [4.69, 9.17) is 18.9 Å². The molecule has 2 aromatic rings. The maximum Gasteiger partial charge on any atom is 0.339 e. The molecule has 0 aromatic heterocycles. The Morgan fingerprint density at radius 3 is 1.27 bits per heavy atom. The maximum absolute atomic E-state index is 12.6. The number of unbranched alkanes of at least 4 members (excludes halogenated alkanes) is 4. The summed E-state index contributed by atoms with van der Waals surface area (Å²) in [6.45, 7) is 7.71. The summed E-state index contributed by atoms with van der Waals surface area (Å²) in [5, 5.41) is 20.5. The van der Waals surface area contributed by atoms with Gasteiger partial charge in [0.15, 0.2) is 0 Å². The summed E-state index contributed by atoms with van der Waals surface area (Å²) in [4.78, 5) is 25.2. The molecule has 0 radical (unpaired) electrons. The van der Waals surface area contributed by atoms with E-state index in [9.17, 15) is 19.8 Å². The van der Waals surface area contributed by atoms with Crippen molar-refractivity contribution >= 4 is 11.9 Å². The number of carboxylic acid groups (broad SMARTS) is 2. The van der Waals surface area contributed by atoms with Crippen LogP contribution in [0.4, 0.5) is 0 Å². The standard InChI is InChI=1S/C48H70O8/c1-5-7-9-13-37-17-21-39(22-18-37)15-11-33-53-43-29-25-41(26-30-43)35-55-47(3,45(49)50)48(4,46(51)52)56-36-42-27-31-44(32-28-42)54-34-12-16-40-23-19-38(20-24-40)14-10-8-6-2/h11-12,15-16,25-32,37-40H,5-10,13-14,17-24,33-36H2,1-4H3,(H,49,50)(H,51,52)/t37-,38-,39-,40-,47-,48-/m0/s1. The summed E-state index contributed by atoms with van der Waals surface area (Å²) >= 11 is 0. The Labute approximate surface area is 337 Å². The van der Waals surface area contributed by atoms with E-state index in [0.717, 1.165) is 11.8 Å². The van der Waals surface area contributed by atoms with Gasteiger partial charge in [0.25, 0.3) is 0 Å². The highest BCUT2D eigenvalue weighted by Gasteiger charge is 2.58. The summed E-state index contributed by atoms with van der Waals surface area (Å²) in [6, 6.07) is 14.4. The second-order valence-corrected chi connectivity index (χ2v) is 16.6. The lowest BCUT2D eigenvalue weighted by atomic mass is 9.79. The van der Waals surface area contributed by atoms with Crippen molar-refractivity contribution in [3.63, 3.8) is 0 Å². The molecule has 56 heavy (non-hydrogen) atoms. The van der Waals surface area contributed by atoms with Crippen molar-refractivity contribution in [3.05, 3.63) is 84.0 Å². The third kappa shape index (κ3) is 14.1. The number of hydrogen-bond acceptors (Lipinski definition) is 6. The number of aliphatic carboxylic acids is 2. The Bertz CT molecular complexity index is 1370. The monoisotopic (exact) mass is 775 g/mol. The Kier molecular flexibility index (Phi) is 19.0. The van der Waals surface area contributed by atoms with Crippen molar-refractivity contribution in [1.82, 2.24) is 0 Å². The highest BCUT2D eigenvalue weighted by molar-refractivity contribution is 5.90. The molecule has 2 aliphatic carbocycles. The molecule has 4 rings (SSSR count). The molecule has 8 nitrogen and oxygen atoms in total. The second kappa shape index (κ2) is 23.6. The summed E-state index contributed by atoms with van der Waals surface area (Å²) in [5.74, 6) is 1.55. The van der Waals surface area contributed by atoms with Crippen LogP contribution in [-0.2, 0) is 32.3 Å². The SMILES string of the molecule is CCCCC[C@H]1CC[C@H](C=CCOc2ccc(CO[C@@](C)(C(=O)O)[C@@](C)(OCc3ccc(OCC=C[C@H]4CC[C@H](CCCCC)CC4)cc3)C(=O)O)cc2)CC1. The number of allylic oxidation sites excluding steroid dienone is 2. The zero-order chi connectivity index (χ0) is 40.2. The minimum atomic E-state index is -2.20. The molecule has 310 valence electrons. The molecule has 0 aliphatic heterocycles. The van der Waals surface area contributed by atoms with Crippen molar-refractivity contribution < 1.29 is 38.7 Å². The van der Waals surface area contributed by atoms with E-state index in [1.807, 2.05) is 24.3 Å². The average Bonchev–Trinajstić information content (AvgIpc) is 3.21. The molecule has 0 amide bonds. The third-order valence-electron chi connectivity index (χ3n) is 12.4. The molecule has 0 bridgehead atoms. The number of benzene rings is 2. The molecule has 2 aliphatic rings. The number of carboxylic acids is 2. The van der Waals surface area contributed by atoms with Crippen molar-refractivity contribution in [2.45, 2.75) is 155 Å². The highest BCUT2D eigenvalue weighted by atomic mass is 16.6. The van der Waals surface area contributed by atoms with Gasteiger partial charge < -0.3 is 29.2 Å². The molecular formula is C48H70O8. The van der Waals surface area contributed by atoms with Gasteiger partial charge in [-0.2, -0.15) is 0 Å². The van der Waals surface area contributed by atoms with Crippen LogP contribution in [0.1, 0.15) is 142 Å². The largest absolute Gasteiger partial charge is 0.490 e. The van der Waals surface area contributed by atoms with Crippen molar-refractivity contribution in [2.75, 3.05) is 13.2 Å². The molecule has 0 saturated heterocycles. The van der Waals surface area contributed by atoms with E-state index in [1.165, 1.54) is 117 Å². The van der Waals surface area contributed by atoms with E-state index >= 15 is 0 Å². The van der Waals surface area contributed by atoms with E-state index in [2.05, 4.69) is 38.2 Å². The zero-order valence-electron chi connectivity index (χ0n) is 34.7. The fourth-order valence-corrected chi connectivity index (χ4v) is 8.12. The lowest BCUT2D eigenvalue weighted by Crippen LogP contribution is -2.63. The number of hydrogen-bond donors (Lipinski definition) is 2.